The largest absolute Gasteiger partial charge is 0.514 e. The molecule has 2 heterocycles. The second-order valence-electron chi connectivity index (χ2n) is 10.6. The molecule has 1 amide bonds. The number of cyclic esters (lactones) is 1. The summed E-state index contributed by atoms with van der Waals surface area (Å²) in [6.07, 6.45) is -0.549. The molecule has 0 saturated carbocycles. The molecular weight excluding hydrogens is 532 g/mol. The zero-order valence-electron chi connectivity index (χ0n) is 24.5. The van der Waals surface area contributed by atoms with Gasteiger partial charge in [0, 0.05) is 24.8 Å². The first-order chi connectivity index (χ1) is 19.6. The number of methoxy groups -OCH3 is 1. The summed E-state index contributed by atoms with van der Waals surface area (Å²) in [4.78, 5) is 42.8. The van der Waals surface area contributed by atoms with E-state index in [4.69, 9.17) is 28.4 Å². The fraction of sp³-hybridized carbons (Fsp3) is 0.533. The van der Waals surface area contributed by atoms with Gasteiger partial charge in [-0.1, -0.05) is 44.2 Å². The number of pyridine rings is 1. The van der Waals surface area contributed by atoms with Crippen molar-refractivity contribution in [1.29, 1.82) is 0 Å². The molecule has 2 aromatic rings. The molecule has 0 spiro atoms. The number of aromatic nitrogens is 1. The average molecular weight is 573 g/mol. The van der Waals surface area contributed by atoms with E-state index in [9.17, 15) is 14.4 Å². The highest BCUT2D eigenvalue weighted by molar-refractivity contribution is 5.98. The van der Waals surface area contributed by atoms with Crippen molar-refractivity contribution in [3.05, 3.63) is 53.9 Å². The third-order valence-corrected chi connectivity index (χ3v) is 6.22. The Labute approximate surface area is 240 Å². The molecule has 1 aromatic carbocycles. The smallest absolute Gasteiger partial charge is 0.493 e. The van der Waals surface area contributed by atoms with Gasteiger partial charge in [0.25, 0.3) is 5.91 Å². The number of carbonyl (C=O) groups excluding carboxylic acids is 3. The second-order valence-corrected chi connectivity index (χ2v) is 10.6. The van der Waals surface area contributed by atoms with Crippen LogP contribution < -0.4 is 14.8 Å². The van der Waals surface area contributed by atoms with Crippen LogP contribution in [0.1, 0.15) is 50.7 Å². The number of esters is 1. The van der Waals surface area contributed by atoms with Crippen molar-refractivity contribution in [2.75, 3.05) is 26.9 Å². The summed E-state index contributed by atoms with van der Waals surface area (Å²) in [6, 6.07) is 10.2. The lowest BCUT2D eigenvalue weighted by Gasteiger charge is -2.31. The summed E-state index contributed by atoms with van der Waals surface area (Å²) >= 11 is 0. The van der Waals surface area contributed by atoms with Gasteiger partial charge >= 0.3 is 12.1 Å². The van der Waals surface area contributed by atoms with Crippen molar-refractivity contribution >= 4 is 18.0 Å². The van der Waals surface area contributed by atoms with E-state index in [0.717, 1.165) is 5.56 Å². The summed E-state index contributed by atoms with van der Waals surface area (Å²) in [5, 5.41) is 2.61. The third kappa shape index (κ3) is 9.43. The highest BCUT2D eigenvalue weighted by atomic mass is 16.7. The molecular formula is C30H40N2O9. The van der Waals surface area contributed by atoms with Crippen LogP contribution in [0.2, 0.25) is 0 Å². The number of nitrogens with zero attached hydrogens (tertiary/aromatic N) is 1. The lowest BCUT2D eigenvalue weighted by atomic mass is 9.91. The zero-order valence-corrected chi connectivity index (χ0v) is 24.5. The van der Waals surface area contributed by atoms with Crippen molar-refractivity contribution in [3.63, 3.8) is 0 Å². The molecule has 1 N–H and O–H groups in total. The Morgan fingerprint density at radius 3 is 2.49 bits per heavy atom. The Balaban J connectivity index is 1.81. The molecule has 0 aliphatic carbocycles. The molecule has 11 nitrogen and oxygen atoms in total. The molecule has 0 radical (unpaired) electrons. The first kappa shape index (κ1) is 31.8. The monoisotopic (exact) mass is 572 g/mol. The Hall–Kier alpha value is -3.70. The number of nitrogens with one attached hydrogen (secondary N) is 1. The minimum absolute atomic E-state index is 0.0849. The minimum Gasteiger partial charge on any atom is -0.493 e. The van der Waals surface area contributed by atoms with Crippen LogP contribution in [0, 0.1) is 11.8 Å². The van der Waals surface area contributed by atoms with E-state index < -0.39 is 42.4 Å². The van der Waals surface area contributed by atoms with Gasteiger partial charge in [0.15, 0.2) is 17.5 Å². The highest BCUT2D eigenvalue weighted by Gasteiger charge is 2.36. The summed E-state index contributed by atoms with van der Waals surface area (Å²) in [5.74, 6) is -1.47. The summed E-state index contributed by atoms with van der Waals surface area (Å²) in [5.41, 5.74) is 0.834. The van der Waals surface area contributed by atoms with Crippen LogP contribution in [0.25, 0.3) is 0 Å². The van der Waals surface area contributed by atoms with Gasteiger partial charge in [-0.3, -0.25) is 4.79 Å². The van der Waals surface area contributed by atoms with E-state index in [0.29, 0.717) is 13.0 Å². The Kier molecular flexibility index (Phi) is 11.9. The molecule has 11 heteroatoms. The Morgan fingerprint density at radius 1 is 1.10 bits per heavy atom. The first-order valence-corrected chi connectivity index (χ1v) is 13.7. The van der Waals surface area contributed by atoms with Gasteiger partial charge in [-0.2, -0.15) is 0 Å². The molecule has 224 valence electrons. The summed E-state index contributed by atoms with van der Waals surface area (Å²) < 4.78 is 33.6. The molecule has 1 aromatic heterocycles. The van der Waals surface area contributed by atoms with Crippen molar-refractivity contribution in [2.45, 2.75) is 65.4 Å². The van der Waals surface area contributed by atoms with E-state index in [-0.39, 0.29) is 42.2 Å². The van der Waals surface area contributed by atoms with Crippen LogP contribution >= 0.6 is 0 Å². The number of benzene rings is 1. The molecule has 4 unspecified atom stereocenters. The number of rotatable bonds is 10. The average Bonchev–Trinajstić information content (AvgIpc) is 2.96. The van der Waals surface area contributed by atoms with Gasteiger partial charge in [-0.15, -0.1) is 0 Å². The van der Waals surface area contributed by atoms with Gasteiger partial charge in [0.2, 0.25) is 5.75 Å². The van der Waals surface area contributed by atoms with Gasteiger partial charge in [-0.25, -0.2) is 14.6 Å². The van der Waals surface area contributed by atoms with E-state index in [1.54, 1.807) is 20.8 Å². The number of amides is 1. The van der Waals surface area contributed by atoms with Crippen molar-refractivity contribution in [2.24, 2.45) is 11.8 Å². The molecule has 1 saturated heterocycles. The maximum Gasteiger partial charge on any atom is 0.514 e. The van der Waals surface area contributed by atoms with E-state index in [1.165, 1.54) is 19.4 Å². The minimum atomic E-state index is -1.16. The maximum absolute atomic E-state index is 13.3. The second kappa shape index (κ2) is 15.3. The lowest BCUT2D eigenvalue weighted by molar-refractivity contribution is -0.160. The quantitative estimate of drug-likeness (QED) is 0.417. The van der Waals surface area contributed by atoms with E-state index >= 15 is 0 Å². The zero-order chi connectivity index (χ0) is 29.9. The fourth-order valence-electron chi connectivity index (χ4n) is 4.36. The van der Waals surface area contributed by atoms with Crippen LogP contribution in [0.15, 0.2) is 42.6 Å². The lowest BCUT2D eigenvalue weighted by Crippen LogP contribution is -2.46. The van der Waals surface area contributed by atoms with Crippen LogP contribution in [0.4, 0.5) is 4.79 Å². The summed E-state index contributed by atoms with van der Waals surface area (Å²) in [7, 11) is 1.35. The Bertz CT molecular complexity index is 1160. The van der Waals surface area contributed by atoms with Crippen LogP contribution in [-0.4, -0.2) is 74.3 Å². The predicted octanol–water partition coefficient (Wildman–Crippen LogP) is 3.97. The van der Waals surface area contributed by atoms with Crippen LogP contribution in [0.3, 0.4) is 0 Å². The number of carbonyl (C=O) groups is 3. The first-order valence-electron chi connectivity index (χ1n) is 13.7. The fourth-order valence-corrected chi connectivity index (χ4v) is 4.36. The molecule has 4 atom stereocenters. The van der Waals surface area contributed by atoms with Crippen molar-refractivity contribution < 1.29 is 42.8 Å². The van der Waals surface area contributed by atoms with Crippen molar-refractivity contribution in [1.82, 2.24) is 10.3 Å². The predicted molar refractivity (Wildman–Crippen MR) is 149 cm³/mol. The SMILES string of the molecule is COc1ccnc(C(=O)NC2COCC(Cc3ccccc3)C(OCC(C)C)C(C)OC2=O)c1OC(=O)OC(C)C. The molecule has 3 rings (SSSR count). The topological polar surface area (TPSA) is 132 Å². The molecule has 1 aliphatic rings. The molecule has 41 heavy (non-hydrogen) atoms. The molecule has 0 bridgehead atoms. The van der Waals surface area contributed by atoms with Crippen molar-refractivity contribution in [3.8, 4) is 11.5 Å². The number of ether oxygens (including phenoxy) is 6. The maximum atomic E-state index is 13.3. The molecule has 1 aliphatic heterocycles. The highest BCUT2D eigenvalue weighted by Crippen LogP contribution is 2.30. The molecule has 1 fully saturated rings. The van der Waals surface area contributed by atoms with Gasteiger partial charge < -0.3 is 33.7 Å². The van der Waals surface area contributed by atoms with Gasteiger partial charge in [0.1, 0.15) is 6.10 Å². The Morgan fingerprint density at radius 2 is 1.83 bits per heavy atom. The third-order valence-electron chi connectivity index (χ3n) is 6.22. The standard InChI is InChI=1S/C30H40N2O9/c1-18(2)15-38-26-20(5)40-29(34)23(17-37-16-22(26)14-21-10-8-7-9-11-21)32-28(33)25-27(24(36-6)12-13-31-25)41-30(35)39-19(3)4/h7-13,18-20,22-23,26H,14-17H2,1-6H3,(H,32,33). The number of hydrogen-bond acceptors (Lipinski definition) is 10. The van der Waals surface area contributed by atoms with E-state index in [2.05, 4.69) is 10.3 Å². The van der Waals surface area contributed by atoms with Crippen LogP contribution in [0.5, 0.6) is 11.5 Å². The summed E-state index contributed by atoms with van der Waals surface area (Å²) in [6.45, 7) is 9.81. The number of hydrogen-bond donors (Lipinski definition) is 1. The normalized spacial score (nSPS) is 21.3. The van der Waals surface area contributed by atoms with Gasteiger partial charge in [0.05, 0.1) is 32.5 Å². The van der Waals surface area contributed by atoms with Crippen LogP contribution in [-0.2, 0) is 30.2 Å². The van der Waals surface area contributed by atoms with Gasteiger partial charge in [-0.05, 0) is 38.7 Å². The van der Waals surface area contributed by atoms with E-state index in [1.807, 2.05) is 44.2 Å².